The van der Waals surface area contributed by atoms with Crippen molar-refractivity contribution >= 4 is 21.8 Å². The predicted molar refractivity (Wildman–Crippen MR) is 135 cm³/mol. The van der Waals surface area contributed by atoms with E-state index in [4.69, 9.17) is 4.99 Å². The van der Waals surface area contributed by atoms with Gasteiger partial charge in [-0.25, -0.2) is 0 Å². The van der Waals surface area contributed by atoms with Crippen LogP contribution in [0.1, 0.15) is 17.2 Å². The highest BCUT2D eigenvalue weighted by molar-refractivity contribution is 6.09. The Morgan fingerprint density at radius 3 is 1.91 bits per heavy atom. The van der Waals surface area contributed by atoms with E-state index in [-0.39, 0.29) is 6.04 Å². The molecule has 0 saturated carbocycles. The Bertz CT molecular complexity index is 1740. The molecule has 0 spiro atoms. The Labute approximate surface area is 197 Å². The average Bonchev–Trinajstić information content (AvgIpc) is 3.46. The molecule has 1 aliphatic rings. The molecule has 160 valence electrons. The fraction of sp³-hybridized carbons (Fsp3) is 0.0323. The third-order valence-electron chi connectivity index (χ3n) is 6.73. The largest absolute Gasteiger partial charge is 0.323 e. The monoisotopic (exact) mass is 436 g/mol. The van der Waals surface area contributed by atoms with E-state index in [1.54, 1.807) is 0 Å². The van der Waals surface area contributed by atoms with Crippen molar-refractivity contribution in [2.24, 2.45) is 4.99 Å². The second-order valence-electron chi connectivity index (χ2n) is 8.67. The zero-order valence-electron chi connectivity index (χ0n) is 18.5. The van der Waals surface area contributed by atoms with Crippen LogP contribution in [0.15, 0.2) is 133 Å². The van der Waals surface area contributed by atoms with Gasteiger partial charge in [-0.15, -0.1) is 0 Å². The van der Waals surface area contributed by atoms with Gasteiger partial charge >= 0.3 is 5.49 Å². The van der Waals surface area contributed by atoms with Crippen LogP contribution in [0, 0.1) is 5.71 Å². The molecule has 1 atom stereocenters. The van der Waals surface area contributed by atoms with Crippen molar-refractivity contribution in [1.29, 1.82) is 0 Å². The molecule has 3 heteroatoms. The van der Waals surface area contributed by atoms with Crippen LogP contribution in [0.5, 0.6) is 0 Å². The number of pyridine rings is 1. The maximum Gasteiger partial charge on any atom is 0.323 e. The Morgan fingerprint density at radius 2 is 1.21 bits per heavy atom. The quantitative estimate of drug-likeness (QED) is 0.310. The van der Waals surface area contributed by atoms with E-state index < -0.39 is 0 Å². The molecule has 4 aromatic carbocycles. The number of benzene rings is 4. The van der Waals surface area contributed by atoms with Crippen molar-refractivity contribution < 1.29 is 4.24 Å². The smallest absolute Gasteiger partial charge is 0.309 e. The van der Waals surface area contributed by atoms with Gasteiger partial charge in [0, 0.05) is 33.7 Å². The van der Waals surface area contributed by atoms with Crippen LogP contribution >= 0.6 is 0 Å². The SMILES string of the molecule is c1ccc(C2N=c3cccc[n+]3=C2c2ccc(-n3c4ccccc4c4ccccc43)cc2)cc1. The molecule has 0 amide bonds. The molecular weight excluding hydrogens is 414 g/mol. The van der Waals surface area contributed by atoms with E-state index in [0.717, 1.165) is 11.2 Å². The number of hydrogen-bond acceptors (Lipinski definition) is 1. The average molecular weight is 437 g/mol. The maximum atomic E-state index is 5.05. The van der Waals surface area contributed by atoms with Crippen LogP contribution in [0.3, 0.4) is 0 Å². The molecule has 0 bridgehead atoms. The van der Waals surface area contributed by atoms with Gasteiger partial charge in [-0.05, 0) is 42.5 Å². The fourth-order valence-corrected chi connectivity index (χ4v) is 5.21. The highest BCUT2D eigenvalue weighted by atomic mass is 15.0. The predicted octanol–water partition coefficient (Wildman–Crippen LogP) is 5.87. The van der Waals surface area contributed by atoms with E-state index in [2.05, 4.69) is 130 Å². The Balaban J connectivity index is 1.41. The van der Waals surface area contributed by atoms with E-state index in [9.17, 15) is 0 Å². The van der Waals surface area contributed by atoms with Gasteiger partial charge in [0.15, 0.2) is 5.71 Å². The van der Waals surface area contributed by atoms with E-state index in [0.29, 0.717) is 0 Å². The van der Waals surface area contributed by atoms with Gasteiger partial charge in [0.1, 0.15) is 0 Å². The summed E-state index contributed by atoms with van der Waals surface area (Å²) in [6, 6.07) is 42.9. The second kappa shape index (κ2) is 7.53. The first-order chi connectivity index (χ1) is 16.9. The van der Waals surface area contributed by atoms with Gasteiger partial charge in [0.05, 0.1) is 17.2 Å². The molecule has 1 unspecified atom stereocenters. The van der Waals surface area contributed by atoms with Gasteiger partial charge in [-0.1, -0.05) is 77.8 Å². The third-order valence-corrected chi connectivity index (χ3v) is 6.73. The second-order valence-corrected chi connectivity index (χ2v) is 8.67. The van der Waals surface area contributed by atoms with Crippen molar-refractivity contribution in [3.05, 3.63) is 150 Å². The topological polar surface area (TPSA) is 23.2 Å². The number of fused-ring (bicyclic) bond motifs is 4. The fourth-order valence-electron chi connectivity index (χ4n) is 5.21. The van der Waals surface area contributed by atoms with Crippen molar-refractivity contribution in [1.82, 2.24) is 4.57 Å². The van der Waals surface area contributed by atoms with Crippen molar-refractivity contribution in [2.45, 2.75) is 6.04 Å². The van der Waals surface area contributed by atoms with Gasteiger partial charge in [-0.3, -0.25) is 0 Å². The number of nitrogens with zero attached hydrogens (tertiary/aromatic N) is 3. The van der Waals surface area contributed by atoms with E-state index >= 15 is 0 Å². The molecular formula is C31H22N3+. The van der Waals surface area contributed by atoms with Crippen LogP contribution in [-0.2, 0) is 0 Å². The van der Waals surface area contributed by atoms with Gasteiger partial charge in [0.25, 0.3) is 0 Å². The van der Waals surface area contributed by atoms with Gasteiger partial charge in [-0.2, -0.15) is 4.24 Å². The minimum Gasteiger partial charge on any atom is -0.309 e. The zero-order chi connectivity index (χ0) is 22.5. The lowest BCUT2D eigenvalue weighted by Crippen LogP contribution is -2.36. The number of hydrogen-bond donors (Lipinski definition) is 0. The van der Waals surface area contributed by atoms with Crippen LogP contribution in [-0.4, -0.2) is 4.57 Å². The first-order valence-electron chi connectivity index (χ1n) is 11.6. The molecule has 6 aromatic rings. The molecule has 0 fully saturated rings. The molecule has 0 aliphatic carbocycles. The lowest BCUT2D eigenvalue weighted by atomic mass is 9.97. The molecule has 3 nitrogen and oxygen atoms in total. The normalized spacial score (nSPS) is 14.9. The van der Waals surface area contributed by atoms with Gasteiger partial charge < -0.3 is 4.57 Å². The number of rotatable bonds is 3. The molecule has 2 aromatic heterocycles. The summed E-state index contributed by atoms with van der Waals surface area (Å²) in [6.07, 6.45) is 2.11. The minimum absolute atomic E-state index is 0.0253. The summed E-state index contributed by atoms with van der Waals surface area (Å²) in [5.41, 5.74) is 8.16. The number of para-hydroxylation sites is 2. The van der Waals surface area contributed by atoms with E-state index in [1.165, 1.54) is 38.6 Å². The third kappa shape index (κ3) is 2.84. The Hall–Kier alpha value is -4.50. The molecule has 0 saturated heterocycles. The summed E-state index contributed by atoms with van der Waals surface area (Å²) in [5.74, 6) is 0. The van der Waals surface area contributed by atoms with Crippen molar-refractivity contribution in [3.63, 3.8) is 0 Å². The Kier molecular flexibility index (Phi) is 4.21. The summed E-state index contributed by atoms with van der Waals surface area (Å²) < 4.78 is 4.57. The molecule has 7 rings (SSSR count). The minimum atomic E-state index is -0.0253. The van der Waals surface area contributed by atoms with Crippen LogP contribution in [0.4, 0.5) is 0 Å². The molecule has 3 heterocycles. The zero-order valence-corrected chi connectivity index (χ0v) is 18.5. The first kappa shape index (κ1) is 19.0. The van der Waals surface area contributed by atoms with Crippen LogP contribution in [0.25, 0.3) is 27.5 Å². The standard InChI is InChI=1S/C31H22N3/c1-2-10-22(11-3-1)30-31(33-21-9-8-16-29(33)32-30)23-17-19-24(20-18-23)34-27-14-6-4-12-25(27)26-13-5-7-15-28(26)34/h1-21,30H/q+1. The van der Waals surface area contributed by atoms with Gasteiger partial charge in [0.2, 0.25) is 6.04 Å². The molecule has 1 aliphatic heterocycles. The summed E-state index contributed by atoms with van der Waals surface area (Å²) in [4.78, 5) is 5.05. The lowest BCUT2D eigenvalue weighted by molar-refractivity contribution is -0.533. The van der Waals surface area contributed by atoms with E-state index in [1.807, 2.05) is 6.07 Å². The molecule has 0 N–H and O–H groups in total. The highest BCUT2D eigenvalue weighted by Crippen LogP contribution is 2.33. The molecule has 0 radical (unpaired) electrons. The lowest BCUT2D eigenvalue weighted by Gasteiger charge is -2.10. The first-order valence-corrected chi connectivity index (χ1v) is 11.6. The van der Waals surface area contributed by atoms with Crippen molar-refractivity contribution in [2.75, 3.05) is 0 Å². The molecule has 34 heavy (non-hydrogen) atoms. The summed E-state index contributed by atoms with van der Waals surface area (Å²) in [7, 11) is 0. The highest BCUT2D eigenvalue weighted by Gasteiger charge is 2.32. The van der Waals surface area contributed by atoms with Crippen molar-refractivity contribution in [3.8, 4) is 5.69 Å². The summed E-state index contributed by atoms with van der Waals surface area (Å²) in [5, 5.41) is 2.56. The maximum absolute atomic E-state index is 5.05. The summed E-state index contributed by atoms with van der Waals surface area (Å²) in [6.45, 7) is 0. The van der Waals surface area contributed by atoms with Crippen LogP contribution < -0.4 is 9.73 Å². The number of aromatic nitrogens is 2. The van der Waals surface area contributed by atoms with Crippen LogP contribution in [0.2, 0.25) is 0 Å². The summed E-state index contributed by atoms with van der Waals surface area (Å²) >= 11 is 0. The Morgan fingerprint density at radius 1 is 0.588 bits per heavy atom.